The van der Waals surface area contributed by atoms with Crippen LogP contribution in [0.15, 0.2) is 77.9 Å². The van der Waals surface area contributed by atoms with E-state index in [9.17, 15) is 0 Å². The maximum Gasteiger partial charge on any atom is 0.229 e. The van der Waals surface area contributed by atoms with Crippen molar-refractivity contribution in [3.63, 3.8) is 0 Å². The van der Waals surface area contributed by atoms with Crippen LogP contribution in [0.3, 0.4) is 0 Å². The molecule has 0 spiro atoms. The zero-order valence-electron chi connectivity index (χ0n) is 15.0. The molecule has 0 aliphatic carbocycles. The predicted octanol–water partition coefficient (Wildman–Crippen LogP) is 4.92. The molecule has 140 valence electrons. The first-order valence-electron chi connectivity index (χ1n) is 8.50. The Morgan fingerprint density at radius 1 is 0.964 bits per heavy atom. The molecule has 2 heterocycles. The van der Waals surface area contributed by atoms with Gasteiger partial charge in [-0.15, -0.1) is 0 Å². The SMILES string of the molecule is COc1ccc(Nc2nc(Nc3ccc(-n4ccnc4)cc3)ncc2Br)cc1. The fraction of sp³-hybridized carbons (Fsp3) is 0.0500. The minimum atomic E-state index is 0.495. The molecular formula is C20H17BrN6O. The molecule has 7 nitrogen and oxygen atoms in total. The summed E-state index contributed by atoms with van der Waals surface area (Å²) in [7, 11) is 1.64. The number of nitrogens with zero attached hydrogens (tertiary/aromatic N) is 4. The van der Waals surface area contributed by atoms with Gasteiger partial charge in [-0.05, 0) is 64.5 Å². The molecule has 0 aliphatic rings. The van der Waals surface area contributed by atoms with Gasteiger partial charge in [-0.2, -0.15) is 4.98 Å². The molecule has 8 heteroatoms. The summed E-state index contributed by atoms with van der Waals surface area (Å²) >= 11 is 3.48. The van der Waals surface area contributed by atoms with E-state index in [0.717, 1.165) is 27.3 Å². The number of hydrogen-bond acceptors (Lipinski definition) is 6. The maximum atomic E-state index is 5.18. The van der Waals surface area contributed by atoms with Crippen LogP contribution in [0.1, 0.15) is 0 Å². The Labute approximate surface area is 170 Å². The molecule has 4 aromatic rings. The molecule has 2 aromatic carbocycles. The van der Waals surface area contributed by atoms with Crippen LogP contribution in [0, 0.1) is 0 Å². The fourth-order valence-corrected chi connectivity index (χ4v) is 2.87. The van der Waals surface area contributed by atoms with Gasteiger partial charge in [0, 0.05) is 35.7 Å². The lowest BCUT2D eigenvalue weighted by atomic mass is 10.3. The molecule has 0 bridgehead atoms. The summed E-state index contributed by atoms with van der Waals surface area (Å²) in [5.74, 6) is 1.96. The minimum Gasteiger partial charge on any atom is -0.497 e. The third kappa shape index (κ3) is 4.12. The summed E-state index contributed by atoms with van der Waals surface area (Å²) in [6.45, 7) is 0. The predicted molar refractivity (Wildman–Crippen MR) is 113 cm³/mol. The summed E-state index contributed by atoms with van der Waals surface area (Å²) in [4.78, 5) is 12.9. The molecule has 0 atom stereocenters. The molecule has 2 aromatic heterocycles. The molecule has 0 unspecified atom stereocenters. The van der Waals surface area contributed by atoms with Crippen LogP contribution < -0.4 is 15.4 Å². The number of ether oxygens (including phenoxy) is 1. The van der Waals surface area contributed by atoms with E-state index in [1.165, 1.54) is 0 Å². The number of anilines is 4. The molecule has 0 amide bonds. The van der Waals surface area contributed by atoms with Crippen molar-refractivity contribution in [2.24, 2.45) is 0 Å². The molecule has 4 rings (SSSR count). The van der Waals surface area contributed by atoms with Crippen LogP contribution in [0.25, 0.3) is 5.69 Å². The van der Waals surface area contributed by atoms with E-state index in [-0.39, 0.29) is 0 Å². The van der Waals surface area contributed by atoms with Crippen LogP contribution in [0.4, 0.5) is 23.1 Å². The van der Waals surface area contributed by atoms with Crippen molar-refractivity contribution >= 4 is 39.1 Å². The smallest absolute Gasteiger partial charge is 0.229 e. The van der Waals surface area contributed by atoms with Crippen LogP contribution >= 0.6 is 15.9 Å². The lowest BCUT2D eigenvalue weighted by Crippen LogP contribution is -2.02. The van der Waals surface area contributed by atoms with Gasteiger partial charge in [0.25, 0.3) is 0 Å². The van der Waals surface area contributed by atoms with E-state index < -0.39 is 0 Å². The highest BCUT2D eigenvalue weighted by molar-refractivity contribution is 9.10. The number of methoxy groups -OCH3 is 1. The van der Waals surface area contributed by atoms with Crippen molar-refractivity contribution in [3.8, 4) is 11.4 Å². The Morgan fingerprint density at radius 3 is 2.36 bits per heavy atom. The molecule has 0 radical (unpaired) electrons. The lowest BCUT2D eigenvalue weighted by molar-refractivity contribution is 0.415. The summed E-state index contributed by atoms with van der Waals surface area (Å²) in [5.41, 5.74) is 2.82. The topological polar surface area (TPSA) is 76.9 Å². The van der Waals surface area contributed by atoms with Crippen LogP contribution in [-0.2, 0) is 0 Å². The van der Waals surface area contributed by atoms with Gasteiger partial charge in [0.05, 0.1) is 17.9 Å². The molecular weight excluding hydrogens is 420 g/mol. The highest BCUT2D eigenvalue weighted by Gasteiger charge is 2.07. The van der Waals surface area contributed by atoms with Crippen LogP contribution in [0.2, 0.25) is 0 Å². The standard InChI is InChI=1S/C20H17BrN6O/c1-28-17-8-4-14(5-9-17)24-19-18(21)12-23-20(26-19)25-15-2-6-16(7-3-15)27-11-10-22-13-27/h2-13H,1H3,(H2,23,24,25,26). The number of nitrogens with one attached hydrogen (secondary N) is 2. The quantitative estimate of drug-likeness (QED) is 0.446. The van der Waals surface area contributed by atoms with E-state index in [0.29, 0.717) is 11.8 Å². The lowest BCUT2D eigenvalue weighted by Gasteiger charge is -2.11. The van der Waals surface area contributed by atoms with Gasteiger partial charge in [0.15, 0.2) is 0 Å². The Hall–Kier alpha value is -3.39. The Morgan fingerprint density at radius 2 is 1.68 bits per heavy atom. The third-order valence-electron chi connectivity index (χ3n) is 4.02. The van der Waals surface area contributed by atoms with Crippen LogP contribution in [-0.4, -0.2) is 26.6 Å². The molecule has 28 heavy (non-hydrogen) atoms. The Balaban J connectivity index is 1.50. The average molecular weight is 437 g/mol. The molecule has 0 saturated carbocycles. The van der Waals surface area contributed by atoms with Gasteiger partial charge in [-0.25, -0.2) is 9.97 Å². The largest absolute Gasteiger partial charge is 0.497 e. The fourth-order valence-electron chi connectivity index (χ4n) is 2.58. The van der Waals surface area contributed by atoms with Gasteiger partial charge in [0.1, 0.15) is 11.6 Å². The first kappa shape index (κ1) is 18.0. The number of halogens is 1. The van der Waals surface area contributed by atoms with E-state index >= 15 is 0 Å². The van der Waals surface area contributed by atoms with Crippen LogP contribution in [0.5, 0.6) is 5.75 Å². The molecule has 0 aliphatic heterocycles. The Bertz CT molecular complexity index is 1050. The first-order valence-corrected chi connectivity index (χ1v) is 9.29. The maximum absolute atomic E-state index is 5.18. The normalized spacial score (nSPS) is 10.5. The van der Waals surface area contributed by atoms with E-state index in [1.54, 1.807) is 25.8 Å². The average Bonchev–Trinajstić information content (AvgIpc) is 3.26. The first-order chi connectivity index (χ1) is 13.7. The second-order valence-electron chi connectivity index (χ2n) is 5.89. The van der Waals surface area contributed by atoms with Gasteiger partial charge in [0.2, 0.25) is 5.95 Å². The molecule has 0 fully saturated rings. The van der Waals surface area contributed by atoms with Gasteiger partial charge in [-0.1, -0.05) is 0 Å². The van der Waals surface area contributed by atoms with Gasteiger partial charge < -0.3 is 19.9 Å². The van der Waals surface area contributed by atoms with Crippen molar-refractivity contribution in [1.82, 2.24) is 19.5 Å². The van der Waals surface area contributed by atoms with Gasteiger partial charge >= 0.3 is 0 Å². The number of aromatic nitrogens is 4. The monoisotopic (exact) mass is 436 g/mol. The Kier molecular flexibility index (Phi) is 5.20. The van der Waals surface area contributed by atoms with Gasteiger partial charge in [-0.3, -0.25) is 0 Å². The number of hydrogen-bond donors (Lipinski definition) is 2. The summed E-state index contributed by atoms with van der Waals surface area (Å²) in [6, 6.07) is 15.6. The summed E-state index contributed by atoms with van der Waals surface area (Å²) in [5, 5.41) is 6.49. The zero-order chi connectivity index (χ0) is 19.3. The van der Waals surface area contributed by atoms with Crippen molar-refractivity contribution < 1.29 is 4.74 Å². The van der Waals surface area contributed by atoms with Crippen molar-refractivity contribution in [2.75, 3.05) is 17.7 Å². The molecule has 2 N–H and O–H groups in total. The number of benzene rings is 2. The van der Waals surface area contributed by atoms with Crippen molar-refractivity contribution in [3.05, 3.63) is 77.9 Å². The summed E-state index contributed by atoms with van der Waals surface area (Å²) in [6.07, 6.45) is 7.12. The van der Waals surface area contributed by atoms with Crippen molar-refractivity contribution in [1.29, 1.82) is 0 Å². The number of imidazole rings is 1. The van der Waals surface area contributed by atoms with E-state index in [2.05, 4.69) is 41.5 Å². The highest BCUT2D eigenvalue weighted by Crippen LogP contribution is 2.26. The van der Waals surface area contributed by atoms with E-state index in [1.807, 2.05) is 59.3 Å². The van der Waals surface area contributed by atoms with E-state index in [4.69, 9.17) is 4.74 Å². The van der Waals surface area contributed by atoms with Crippen molar-refractivity contribution in [2.45, 2.75) is 0 Å². The molecule has 0 saturated heterocycles. The second-order valence-corrected chi connectivity index (χ2v) is 6.74. The third-order valence-corrected chi connectivity index (χ3v) is 4.60. The summed E-state index contributed by atoms with van der Waals surface area (Å²) < 4.78 is 7.89. The second kappa shape index (κ2) is 8.10. The zero-order valence-corrected chi connectivity index (χ0v) is 16.6. The highest BCUT2D eigenvalue weighted by atomic mass is 79.9. The minimum absolute atomic E-state index is 0.495. The number of rotatable bonds is 6.